The van der Waals surface area contributed by atoms with Gasteiger partial charge in [0.2, 0.25) is 0 Å². The Morgan fingerprint density at radius 3 is 2.34 bits per heavy atom. The van der Waals surface area contributed by atoms with Gasteiger partial charge in [-0.25, -0.2) is 9.59 Å². The molecule has 0 bridgehead atoms. The standard InChI is InChI=1S/C21H28N4O4/c1-13(2)12-25-18(22)16(19(26)23-21(25)28)17(24-10-4-5-11-24)14-6-8-15(9-7-14)20(27)29-3/h6-9,13,17H,4-5,10-12,22H2,1-3H3,(H,23,26,28)/t17-/m1/s1. The number of carbonyl (C=O) groups excluding carboxylic acids is 1. The average molecular weight is 400 g/mol. The van der Waals surface area contributed by atoms with Crippen LogP contribution >= 0.6 is 0 Å². The van der Waals surface area contributed by atoms with Crippen LogP contribution in [-0.4, -0.2) is 40.6 Å². The number of esters is 1. The van der Waals surface area contributed by atoms with E-state index in [1.54, 1.807) is 12.1 Å². The Kier molecular flexibility index (Phi) is 6.22. The van der Waals surface area contributed by atoms with Crippen molar-refractivity contribution < 1.29 is 9.53 Å². The van der Waals surface area contributed by atoms with Crippen LogP contribution < -0.4 is 17.0 Å². The molecule has 1 aliphatic heterocycles. The van der Waals surface area contributed by atoms with Crippen LogP contribution in [0.3, 0.4) is 0 Å². The maximum atomic E-state index is 12.8. The second kappa shape index (κ2) is 8.65. The van der Waals surface area contributed by atoms with Gasteiger partial charge in [-0.05, 0) is 49.5 Å². The number of rotatable bonds is 6. The predicted octanol–water partition coefficient (Wildman–Crippen LogP) is 1.75. The summed E-state index contributed by atoms with van der Waals surface area (Å²) in [6.07, 6.45) is 2.06. The van der Waals surface area contributed by atoms with Crippen molar-refractivity contribution in [3.05, 3.63) is 61.8 Å². The van der Waals surface area contributed by atoms with E-state index in [-0.39, 0.29) is 11.7 Å². The zero-order valence-corrected chi connectivity index (χ0v) is 17.1. The molecule has 1 aromatic heterocycles. The number of carbonyl (C=O) groups is 1. The highest BCUT2D eigenvalue weighted by Gasteiger charge is 2.30. The number of H-pyrrole nitrogens is 1. The number of hydrogen-bond acceptors (Lipinski definition) is 6. The second-order valence-corrected chi connectivity index (χ2v) is 7.82. The van der Waals surface area contributed by atoms with Gasteiger partial charge in [0.05, 0.1) is 24.3 Å². The van der Waals surface area contributed by atoms with Gasteiger partial charge in [0.15, 0.2) is 0 Å². The van der Waals surface area contributed by atoms with Crippen LogP contribution in [0, 0.1) is 5.92 Å². The van der Waals surface area contributed by atoms with E-state index in [9.17, 15) is 14.4 Å². The molecule has 1 atom stereocenters. The summed E-state index contributed by atoms with van der Waals surface area (Å²) < 4.78 is 6.20. The van der Waals surface area contributed by atoms with Gasteiger partial charge < -0.3 is 10.5 Å². The quantitative estimate of drug-likeness (QED) is 0.715. The fourth-order valence-electron chi connectivity index (χ4n) is 3.89. The summed E-state index contributed by atoms with van der Waals surface area (Å²) in [5, 5.41) is 0. The average Bonchev–Trinajstić information content (AvgIpc) is 3.22. The lowest BCUT2D eigenvalue weighted by Gasteiger charge is -2.29. The molecule has 1 fully saturated rings. The maximum Gasteiger partial charge on any atom is 0.337 e. The lowest BCUT2D eigenvalue weighted by molar-refractivity contribution is 0.0600. The van der Waals surface area contributed by atoms with Crippen LogP contribution in [0.5, 0.6) is 0 Å². The van der Waals surface area contributed by atoms with Gasteiger partial charge in [0, 0.05) is 6.54 Å². The molecule has 0 unspecified atom stereocenters. The third-order valence-electron chi connectivity index (χ3n) is 5.25. The van der Waals surface area contributed by atoms with E-state index in [1.165, 1.54) is 11.7 Å². The molecule has 1 aromatic carbocycles. The van der Waals surface area contributed by atoms with Crippen LogP contribution in [-0.2, 0) is 11.3 Å². The minimum atomic E-state index is -0.494. The minimum absolute atomic E-state index is 0.193. The van der Waals surface area contributed by atoms with Crippen molar-refractivity contribution in [2.75, 3.05) is 25.9 Å². The third kappa shape index (κ3) is 4.27. The molecule has 0 amide bonds. The summed E-state index contributed by atoms with van der Waals surface area (Å²) in [7, 11) is 1.33. The zero-order chi connectivity index (χ0) is 21.1. The van der Waals surface area contributed by atoms with E-state index in [2.05, 4.69) is 9.88 Å². The first-order valence-corrected chi connectivity index (χ1v) is 9.88. The minimum Gasteiger partial charge on any atom is -0.465 e. The van der Waals surface area contributed by atoms with E-state index in [1.807, 2.05) is 26.0 Å². The first-order chi connectivity index (χ1) is 13.8. The molecule has 8 nitrogen and oxygen atoms in total. The molecule has 29 heavy (non-hydrogen) atoms. The Hall–Kier alpha value is -2.87. The Morgan fingerprint density at radius 2 is 1.79 bits per heavy atom. The monoisotopic (exact) mass is 400 g/mol. The molecule has 0 saturated carbocycles. The lowest BCUT2D eigenvalue weighted by atomic mass is 9.97. The molecule has 0 aliphatic carbocycles. The number of likely N-dealkylation sites (tertiary alicyclic amines) is 1. The number of anilines is 1. The zero-order valence-electron chi connectivity index (χ0n) is 17.1. The number of methoxy groups -OCH3 is 1. The molecule has 3 N–H and O–H groups in total. The fraction of sp³-hybridized carbons (Fsp3) is 0.476. The predicted molar refractivity (Wildman–Crippen MR) is 111 cm³/mol. The molecule has 0 spiro atoms. The largest absolute Gasteiger partial charge is 0.465 e. The number of nitrogens with zero attached hydrogens (tertiary/aromatic N) is 2. The van der Waals surface area contributed by atoms with Gasteiger partial charge >= 0.3 is 11.7 Å². The number of nitrogens with one attached hydrogen (secondary N) is 1. The Morgan fingerprint density at radius 1 is 1.17 bits per heavy atom. The summed E-state index contributed by atoms with van der Waals surface area (Å²) in [4.78, 5) is 41.6. The SMILES string of the molecule is COC(=O)c1ccc([C@H](c2c(N)n(CC(C)C)c(=O)[nH]c2=O)N2CCCC2)cc1. The number of benzene rings is 1. The third-order valence-corrected chi connectivity index (χ3v) is 5.25. The summed E-state index contributed by atoms with van der Waals surface area (Å²) in [6, 6.07) is 6.59. The van der Waals surface area contributed by atoms with Crippen molar-refractivity contribution in [3.8, 4) is 0 Å². The molecule has 8 heteroatoms. The van der Waals surface area contributed by atoms with E-state index in [0.29, 0.717) is 17.7 Å². The molecule has 0 radical (unpaired) electrons. The van der Waals surface area contributed by atoms with Crippen molar-refractivity contribution in [3.63, 3.8) is 0 Å². The highest BCUT2D eigenvalue weighted by molar-refractivity contribution is 5.89. The number of nitrogen functional groups attached to an aromatic ring is 1. The van der Waals surface area contributed by atoms with Crippen LogP contribution in [0.25, 0.3) is 0 Å². The summed E-state index contributed by atoms with van der Waals surface area (Å²) in [6.45, 7) is 6.04. The summed E-state index contributed by atoms with van der Waals surface area (Å²) in [5.41, 5.74) is 7.06. The second-order valence-electron chi connectivity index (χ2n) is 7.82. The normalized spacial score (nSPS) is 15.6. The van der Waals surface area contributed by atoms with Gasteiger partial charge in [0.1, 0.15) is 5.82 Å². The van der Waals surface area contributed by atoms with E-state index >= 15 is 0 Å². The van der Waals surface area contributed by atoms with Crippen molar-refractivity contribution >= 4 is 11.8 Å². The fourth-order valence-corrected chi connectivity index (χ4v) is 3.89. The van der Waals surface area contributed by atoms with Crippen LogP contribution in [0.4, 0.5) is 5.82 Å². The number of ether oxygens (including phenoxy) is 1. The first kappa shape index (κ1) is 20.9. The first-order valence-electron chi connectivity index (χ1n) is 9.88. The molecule has 3 rings (SSSR count). The molecule has 1 saturated heterocycles. The molecule has 156 valence electrons. The highest BCUT2D eigenvalue weighted by Crippen LogP contribution is 2.32. The molecule has 2 heterocycles. The lowest BCUT2D eigenvalue weighted by Crippen LogP contribution is -2.40. The molecular weight excluding hydrogens is 372 g/mol. The van der Waals surface area contributed by atoms with Gasteiger partial charge in [-0.15, -0.1) is 0 Å². The molecule has 2 aromatic rings. The van der Waals surface area contributed by atoms with E-state index < -0.39 is 23.3 Å². The Bertz CT molecular complexity index is 985. The number of aromatic amines is 1. The van der Waals surface area contributed by atoms with E-state index in [4.69, 9.17) is 10.5 Å². The number of nitrogens with two attached hydrogens (primary N) is 1. The Balaban J connectivity index is 2.14. The highest BCUT2D eigenvalue weighted by atomic mass is 16.5. The smallest absolute Gasteiger partial charge is 0.337 e. The summed E-state index contributed by atoms with van der Waals surface area (Å²) in [5.74, 6) is -0.0307. The van der Waals surface area contributed by atoms with Gasteiger partial charge in [0.25, 0.3) is 5.56 Å². The topological polar surface area (TPSA) is 110 Å². The van der Waals surface area contributed by atoms with Crippen molar-refractivity contribution in [1.82, 2.24) is 14.5 Å². The van der Waals surface area contributed by atoms with Gasteiger partial charge in [-0.3, -0.25) is 19.2 Å². The van der Waals surface area contributed by atoms with Gasteiger partial charge in [-0.1, -0.05) is 26.0 Å². The van der Waals surface area contributed by atoms with Gasteiger partial charge in [-0.2, -0.15) is 0 Å². The summed E-state index contributed by atoms with van der Waals surface area (Å²) >= 11 is 0. The van der Waals surface area contributed by atoms with Crippen LogP contribution in [0.15, 0.2) is 33.9 Å². The molecular formula is C21H28N4O4. The van der Waals surface area contributed by atoms with Crippen LogP contribution in [0.1, 0.15) is 54.2 Å². The van der Waals surface area contributed by atoms with Crippen LogP contribution in [0.2, 0.25) is 0 Å². The van der Waals surface area contributed by atoms with Crippen molar-refractivity contribution in [1.29, 1.82) is 0 Å². The molecule has 1 aliphatic rings. The number of aromatic nitrogens is 2. The van der Waals surface area contributed by atoms with E-state index in [0.717, 1.165) is 31.5 Å². The maximum absolute atomic E-state index is 12.8. The number of hydrogen-bond donors (Lipinski definition) is 2. The van der Waals surface area contributed by atoms with Crippen molar-refractivity contribution in [2.45, 2.75) is 39.3 Å². The Labute approximate surface area is 169 Å². The van der Waals surface area contributed by atoms with Crippen molar-refractivity contribution in [2.24, 2.45) is 5.92 Å².